The molecule has 0 atom stereocenters. The van der Waals surface area contributed by atoms with Crippen LogP contribution in [0.5, 0.6) is 0 Å². The topological polar surface area (TPSA) is 72.3 Å². The van der Waals surface area contributed by atoms with E-state index in [9.17, 15) is 0 Å². The van der Waals surface area contributed by atoms with E-state index in [4.69, 9.17) is 9.97 Å². The van der Waals surface area contributed by atoms with Crippen LogP contribution in [0, 0.1) is 0 Å². The zero-order chi connectivity index (χ0) is 18.6. The van der Waals surface area contributed by atoms with Crippen molar-refractivity contribution in [2.24, 2.45) is 0 Å². The highest BCUT2D eigenvalue weighted by molar-refractivity contribution is 5.76. The summed E-state index contributed by atoms with van der Waals surface area (Å²) >= 11 is 0. The minimum atomic E-state index is 0.270. The van der Waals surface area contributed by atoms with Gasteiger partial charge in [-0.05, 0) is 6.07 Å². The second-order valence-electron chi connectivity index (χ2n) is 6.78. The van der Waals surface area contributed by atoms with Crippen LogP contribution in [-0.2, 0) is 13.0 Å². The molecule has 1 aromatic carbocycles. The molecule has 0 amide bonds. The summed E-state index contributed by atoms with van der Waals surface area (Å²) in [7, 11) is 0. The second kappa shape index (κ2) is 7.53. The Morgan fingerprint density at radius 3 is 2.67 bits per heavy atom. The van der Waals surface area contributed by atoms with Crippen molar-refractivity contribution in [3.63, 3.8) is 0 Å². The molecule has 0 aliphatic carbocycles. The lowest BCUT2D eigenvalue weighted by atomic mass is 10.1. The van der Waals surface area contributed by atoms with Crippen LogP contribution < -0.4 is 0 Å². The van der Waals surface area contributed by atoms with Crippen LogP contribution >= 0.6 is 0 Å². The number of nitrogens with zero attached hydrogens (tertiary/aromatic N) is 5. The fourth-order valence-electron chi connectivity index (χ4n) is 3.07. The quantitative estimate of drug-likeness (QED) is 0.563. The smallest absolute Gasteiger partial charge is 0.131 e. The van der Waals surface area contributed by atoms with E-state index >= 15 is 0 Å². The Morgan fingerprint density at radius 2 is 1.93 bits per heavy atom. The van der Waals surface area contributed by atoms with Gasteiger partial charge in [0.2, 0.25) is 0 Å². The highest BCUT2D eigenvalue weighted by Gasteiger charge is 2.17. The van der Waals surface area contributed by atoms with E-state index in [0.717, 1.165) is 47.1 Å². The van der Waals surface area contributed by atoms with Crippen molar-refractivity contribution in [2.75, 3.05) is 0 Å². The average Bonchev–Trinajstić information content (AvgIpc) is 3.37. The van der Waals surface area contributed by atoms with Gasteiger partial charge in [0.25, 0.3) is 0 Å². The SMILES string of the molecule is CC(C)c1nccc(-c2c(-c3ccccc3)ncn2CCc2cnc[nH]2)n1. The molecule has 0 fully saturated rings. The number of H-pyrrole nitrogens is 1. The van der Waals surface area contributed by atoms with Gasteiger partial charge in [0.05, 0.1) is 29.7 Å². The van der Waals surface area contributed by atoms with Crippen LogP contribution in [0.15, 0.2) is 61.4 Å². The Balaban J connectivity index is 1.78. The predicted octanol–water partition coefficient (Wildman–Crippen LogP) is 4.10. The number of aromatic nitrogens is 6. The summed E-state index contributed by atoms with van der Waals surface area (Å²) in [4.78, 5) is 21.2. The Bertz CT molecular complexity index is 1000. The second-order valence-corrected chi connectivity index (χ2v) is 6.78. The molecule has 27 heavy (non-hydrogen) atoms. The molecule has 0 bridgehead atoms. The van der Waals surface area contributed by atoms with E-state index in [1.165, 1.54) is 0 Å². The average molecular weight is 358 g/mol. The number of hydrogen-bond acceptors (Lipinski definition) is 4. The summed E-state index contributed by atoms with van der Waals surface area (Å²) in [6.07, 6.45) is 8.14. The van der Waals surface area contributed by atoms with Gasteiger partial charge >= 0.3 is 0 Å². The summed E-state index contributed by atoms with van der Waals surface area (Å²) in [5, 5.41) is 0. The molecule has 0 aliphatic heterocycles. The molecule has 0 unspecified atom stereocenters. The lowest BCUT2D eigenvalue weighted by molar-refractivity contribution is 0.689. The molecule has 6 nitrogen and oxygen atoms in total. The first kappa shape index (κ1) is 17.1. The molecule has 4 rings (SSSR count). The fourth-order valence-corrected chi connectivity index (χ4v) is 3.07. The van der Waals surface area contributed by atoms with Gasteiger partial charge in [0.15, 0.2) is 0 Å². The summed E-state index contributed by atoms with van der Waals surface area (Å²) in [6, 6.07) is 12.2. The number of aryl methyl sites for hydroxylation is 2. The summed E-state index contributed by atoms with van der Waals surface area (Å²) in [6.45, 7) is 5.00. The van der Waals surface area contributed by atoms with Gasteiger partial charge in [0.1, 0.15) is 5.82 Å². The molecule has 3 heterocycles. The van der Waals surface area contributed by atoms with Crippen molar-refractivity contribution in [1.29, 1.82) is 0 Å². The van der Waals surface area contributed by atoms with Crippen LogP contribution in [-0.4, -0.2) is 29.5 Å². The first-order valence-corrected chi connectivity index (χ1v) is 9.13. The van der Waals surface area contributed by atoms with Crippen molar-refractivity contribution < 1.29 is 0 Å². The van der Waals surface area contributed by atoms with Gasteiger partial charge in [-0.15, -0.1) is 0 Å². The van der Waals surface area contributed by atoms with Gasteiger partial charge in [-0.25, -0.2) is 19.9 Å². The van der Waals surface area contributed by atoms with E-state index in [1.807, 2.05) is 43.0 Å². The molecular weight excluding hydrogens is 336 g/mol. The molecule has 4 aromatic rings. The van der Waals surface area contributed by atoms with Gasteiger partial charge < -0.3 is 9.55 Å². The van der Waals surface area contributed by atoms with Crippen molar-refractivity contribution in [1.82, 2.24) is 29.5 Å². The third-order valence-electron chi connectivity index (χ3n) is 4.50. The standard InChI is InChI=1S/C21H22N6/c1-15(2)21-23-10-8-18(26-21)20-19(16-6-4-3-5-7-16)25-14-27(20)11-9-17-12-22-13-24-17/h3-8,10,12-15H,9,11H2,1-2H3,(H,22,24). The van der Waals surface area contributed by atoms with Crippen LogP contribution in [0.2, 0.25) is 0 Å². The first-order chi connectivity index (χ1) is 13.2. The molecule has 136 valence electrons. The van der Waals surface area contributed by atoms with Crippen molar-refractivity contribution in [2.45, 2.75) is 32.7 Å². The molecule has 0 spiro atoms. The molecule has 0 saturated carbocycles. The summed E-state index contributed by atoms with van der Waals surface area (Å²) in [5.41, 5.74) is 5.03. The summed E-state index contributed by atoms with van der Waals surface area (Å²) in [5.74, 6) is 1.11. The number of hydrogen-bond donors (Lipinski definition) is 1. The Kier molecular flexibility index (Phi) is 4.78. The zero-order valence-electron chi connectivity index (χ0n) is 15.5. The molecule has 0 aliphatic rings. The first-order valence-electron chi connectivity index (χ1n) is 9.13. The molecule has 6 heteroatoms. The normalized spacial score (nSPS) is 11.2. The number of nitrogens with one attached hydrogen (secondary N) is 1. The number of benzene rings is 1. The van der Waals surface area contributed by atoms with E-state index in [2.05, 4.69) is 45.5 Å². The number of rotatable bonds is 6. The molecule has 1 N–H and O–H groups in total. The van der Waals surface area contributed by atoms with E-state index in [0.29, 0.717) is 0 Å². The van der Waals surface area contributed by atoms with Crippen LogP contribution in [0.4, 0.5) is 0 Å². The zero-order valence-corrected chi connectivity index (χ0v) is 15.5. The van der Waals surface area contributed by atoms with Gasteiger partial charge in [-0.2, -0.15) is 0 Å². The maximum Gasteiger partial charge on any atom is 0.131 e. The Hall–Kier alpha value is -3.28. The van der Waals surface area contributed by atoms with Crippen molar-refractivity contribution >= 4 is 0 Å². The molecular formula is C21H22N6. The molecule has 0 radical (unpaired) electrons. The minimum Gasteiger partial charge on any atom is -0.348 e. The number of aromatic amines is 1. The van der Waals surface area contributed by atoms with Crippen molar-refractivity contribution in [3.05, 3.63) is 73.0 Å². The largest absolute Gasteiger partial charge is 0.348 e. The lowest BCUT2D eigenvalue weighted by Gasteiger charge is -2.11. The van der Waals surface area contributed by atoms with Gasteiger partial charge in [-0.1, -0.05) is 44.2 Å². The molecule has 3 aromatic heterocycles. The van der Waals surface area contributed by atoms with Crippen LogP contribution in [0.1, 0.15) is 31.3 Å². The maximum atomic E-state index is 4.81. The van der Waals surface area contributed by atoms with E-state index in [1.54, 1.807) is 6.33 Å². The fraction of sp³-hybridized carbons (Fsp3) is 0.238. The van der Waals surface area contributed by atoms with E-state index < -0.39 is 0 Å². The number of imidazole rings is 2. The van der Waals surface area contributed by atoms with Gasteiger partial charge in [-0.3, -0.25) is 0 Å². The van der Waals surface area contributed by atoms with Crippen LogP contribution in [0.25, 0.3) is 22.6 Å². The Labute approximate surface area is 158 Å². The van der Waals surface area contributed by atoms with Crippen LogP contribution in [0.3, 0.4) is 0 Å². The lowest BCUT2D eigenvalue weighted by Crippen LogP contribution is -2.05. The third kappa shape index (κ3) is 3.65. The minimum absolute atomic E-state index is 0.270. The maximum absolute atomic E-state index is 4.81. The van der Waals surface area contributed by atoms with Crippen molar-refractivity contribution in [3.8, 4) is 22.6 Å². The van der Waals surface area contributed by atoms with Gasteiger partial charge in [0, 0.05) is 42.5 Å². The highest BCUT2D eigenvalue weighted by atomic mass is 15.1. The molecule has 0 saturated heterocycles. The Morgan fingerprint density at radius 1 is 1.07 bits per heavy atom. The third-order valence-corrected chi connectivity index (χ3v) is 4.50. The summed E-state index contributed by atoms with van der Waals surface area (Å²) < 4.78 is 2.16. The predicted molar refractivity (Wildman–Crippen MR) is 105 cm³/mol. The highest BCUT2D eigenvalue weighted by Crippen LogP contribution is 2.30. The monoisotopic (exact) mass is 358 g/mol. The van der Waals surface area contributed by atoms with E-state index in [-0.39, 0.29) is 5.92 Å².